The first-order valence-corrected chi connectivity index (χ1v) is 12.0. The molecule has 0 spiro atoms. The predicted octanol–water partition coefficient (Wildman–Crippen LogP) is 5.59. The second-order valence-electron chi connectivity index (χ2n) is 8.34. The van der Waals surface area contributed by atoms with E-state index in [4.69, 9.17) is 21.3 Å². The Hall–Kier alpha value is -3.48. The number of nitrogens with zero attached hydrogens (tertiary/aromatic N) is 3. The molecule has 0 aliphatic rings. The maximum atomic E-state index is 13.8. The van der Waals surface area contributed by atoms with Crippen LogP contribution in [0.5, 0.6) is 0 Å². The molecule has 0 aliphatic heterocycles. The summed E-state index contributed by atoms with van der Waals surface area (Å²) in [5.74, 6) is 0.351. The molecule has 0 saturated heterocycles. The SMILES string of the molecule is CCC(c1nc2ccccc2c(=O)n1-c1cccc(Cl)c1)N(CCOC)C(=O)c1ccccc1C. The molecule has 1 atom stereocenters. The van der Waals surface area contributed by atoms with E-state index in [1.807, 2.05) is 62.4 Å². The fraction of sp³-hybridized carbons (Fsp3) is 0.250. The van der Waals surface area contributed by atoms with E-state index in [-0.39, 0.29) is 11.5 Å². The first kappa shape index (κ1) is 24.6. The van der Waals surface area contributed by atoms with Gasteiger partial charge in [-0.15, -0.1) is 0 Å². The molecule has 1 amide bonds. The number of rotatable bonds is 8. The van der Waals surface area contributed by atoms with Crippen molar-refractivity contribution in [1.82, 2.24) is 14.5 Å². The van der Waals surface area contributed by atoms with E-state index in [2.05, 4.69) is 0 Å². The molecule has 3 aromatic carbocycles. The number of carbonyl (C=O) groups excluding carboxylic acids is 1. The summed E-state index contributed by atoms with van der Waals surface area (Å²) >= 11 is 6.29. The van der Waals surface area contributed by atoms with Crippen LogP contribution in [0.15, 0.2) is 77.6 Å². The number of halogens is 1. The van der Waals surface area contributed by atoms with Crippen molar-refractivity contribution in [3.63, 3.8) is 0 Å². The normalized spacial score (nSPS) is 12.0. The fourth-order valence-corrected chi connectivity index (χ4v) is 4.52. The highest BCUT2D eigenvalue weighted by Crippen LogP contribution is 2.28. The second kappa shape index (κ2) is 10.8. The first-order chi connectivity index (χ1) is 17.0. The first-order valence-electron chi connectivity index (χ1n) is 11.6. The van der Waals surface area contributed by atoms with Crippen LogP contribution in [-0.2, 0) is 4.74 Å². The standard InChI is InChI=1S/C28H28ClN3O3/c1-4-25(31(16-17-35-3)27(33)22-13-6-5-10-19(22)2)26-30-24-15-8-7-14-23(24)28(34)32(26)21-12-9-11-20(29)18-21/h5-15,18,25H,4,16-17H2,1-3H3. The van der Waals surface area contributed by atoms with Crippen molar-refractivity contribution in [2.45, 2.75) is 26.3 Å². The summed E-state index contributed by atoms with van der Waals surface area (Å²) in [6.07, 6.45) is 0.548. The van der Waals surface area contributed by atoms with Crippen LogP contribution in [0.3, 0.4) is 0 Å². The van der Waals surface area contributed by atoms with Crippen molar-refractivity contribution >= 4 is 28.4 Å². The summed E-state index contributed by atoms with van der Waals surface area (Å²) in [5.41, 5.74) is 2.47. The highest BCUT2D eigenvalue weighted by molar-refractivity contribution is 6.30. The van der Waals surface area contributed by atoms with Gasteiger partial charge in [0.25, 0.3) is 11.5 Å². The Kier molecular flexibility index (Phi) is 7.63. The summed E-state index contributed by atoms with van der Waals surface area (Å²) < 4.78 is 6.92. The summed E-state index contributed by atoms with van der Waals surface area (Å²) in [5, 5.41) is 1.01. The highest BCUT2D eigenvalue weighted by Gasteiger charge is 2.30. The van der Waals surface area contributed by atoms with Gasteiger partial charge in [-0.25, -0.2) is 4.98 Å². The molecular formula is C28H28ClN3O3. The largest absolute Gasteiger partial charge is 0.383 e. The molecule has 0 N–H and O–H groups in total. The van der Waals surface area contributed by atoms with Gasteiger partial charge in [0, 0.05) is 24.2 Å². The monoisotopic (exact) mass is 489 g/mol. The van der Waals surface area contributed by atoms with Gasteiger partial charge in [0.2, 0.25) is 0 Å². The minimum atomic E-state index is -0.478. The molecule has 4 rings (SSSR count). The molecule has 180 valence electrons. The lowest BCUT2D eigenvalue weighted by atomic mass is 10.0. The number of methoxy groups -OCH3 is 1. The van der Waals surface area contributed by atoms with E-state index in [1.165, 1.54) is 0 Å². The number of carbonyl (C=O) groups is 1. The summed E-state index contributed by atoms with van der Waals surface area (Å²) in [6.45, 7) is 4.60. The number of hydrogen-bond acceptors (Lipinski definition) is 4. The van der Waals surface area contributed by atoms with Crippen LogP contribution in [-0.4, -0.2) is 40.6 Å². The van der Waals surface area contributed by atoms with Crippen LogP contribution in [0.25, 0.3) is 16.6 Å². The fourth-order valence-electron chi connectivity index (χ4n) is 4.34. The number of ether oxygens (including phenoxy) is 1. The van der Waals surface area contributed by atoms with Gasteiger partial charge in [-0.05, 0) is 55.3 Å². The number of aromatic nitrogens is 2. The number of hydrogen-bond donors (Lipinski definition) is 0. The van der Waals surface area contributed by atoms with E-state index >= 15 is 0 Å². The van der Waals surface area contributed by atoms with Crippen LogP contribution in [0, 0.1) is 6.92 Å². The van der Waals surface area contributed by atoms with Gasteiger partial charge in [0.15, 0.2) is 0 Å². The average molecular weight is 490 g/mol. The average Bonchev–Trinajstić information content (AvgIpc) is 2.86. The maximum Gasteiger partial charge on any atom is 0.266 e. The zero-order valence-corrected chi connectivity index (χ0v) is 20.8. The molecule has 0 saturated carbocycles. The molecular weight excluding hydrogens is 462 g/mol. The van der Waals surface area contributed by atoms with Crippen LogP contribution >= 0.6 is 11.6 Å². The predicted molar refractivity (Wildman–Crippen MR) is 139 cm³/mol. The zero-order valence-electron chi connectivity index (χ0n) is 20.1. The number of benzene rings is 3. The van der Waals surface area contributed by atoms with E-state index in [1.54, 1.807) is 40.8 Å². The molecule has 1 aromatic heterocycles. The van der Waals surface area contributed by atoms with E-state index < -0.39 is 6.04 Å². The van der Waals surface area contributed by atoms with Crippen LogP contribution in [0.4, 0.5) is 0 Å². The topological polar surface area (TPSA) is 64.4 Å². The molecule has 0 aliphatic carbocycles. The van der Waals surface area contributed by atoms with Gasteiger partial charge in [0.1, 0.15) is 5.82 Å². The lowest BCUT2D eigenvalue weighted by molar-refractivity contribution is 0.0579. The molecule has 0 radical (unpaired) electrons. The number of fused-ring (bicyclic) bond motifs is 1. The molecule has 0 fully saturated rings. The Labute approximate surface area is 209 Å². The van der Waals surface area contributed by atoms with Crippen molar-refractivity contribution in [3.05, 3.63) is 105 Å². The van der Waals surface area contributed by atoms with Crippen molar-refractivity contribution in [3.8, 4) is 5.69 Å². The van der Waals surface area contributed by atoms with Crippen molar-refractivity contribution in [1.29, 1.82) is 0 Å². The summed E-state index contributed by atoms with van der Waals surface area (Å²) in [6, 6.07) is 21.4. The van der Waals surface area contributed by atoms with Gasteiger partial charge >= 0.3 is 0 Å². The number of amides is 1. The quantitative estimate of drug-likeness (QED) is 0.324. The lowest BCUT2D eigenvalue weighted by Gasteiger charge is -2.32. The summed E-state index contributed by atoms with van der Waals surface area (Å²) in [4.78, 5) is 34.3. The second-order valence-corrected chi connectivity index (χ2v) is 8.77. The molecule has 1 unspecified atom stereocenters. The highest BCUT2D eigenvalue weighted by atomic mass is 35.5. The van der Waals surface area contributed by atoms with Crippen LogP contribution in [0.2, 0.25) is 5.02 Å². The van der Waals surface area contributed by atoms with Gasteiger partial charge in [-0.1, -0.05) is 54.9 Å². The Morgan fingerprint density at radius 1 is 1.09 bits per heavy atom. The zero-order chi connectivity index (χ0) is 24.9. The van der Waals surface area contributed by atoms with Gasteiger partial charge in [0.05, 0.1) is 29.2 Å². The third kappa shape index (κ3) is 4.99. The number of aryl methyl sites for hydroxylation is 1. The Balaban J connectivity index is 1.96. The van der Waals surface area contributed by atoms with Crippen molar-refractivity contribution < 1.29 is 9.53 Å². The lowest BCUT2D eigenvalue weighted by Crippen LogP contribution is -2.40. The van der Waals surface area contributed by atoms with E-state index in [0.717, 1.165) is 5.56 Å². The number of para-hydroxylation sites is 1. The minimum Gasteiger partial charge on any atom is -0.383 e. The van der Waals surface area contributed by atoms with Crippen LogP contribution < -0.4 is 5.56 Å². The molecule has 4 aromatic rings. The summed E-state index contributed by atoms with van der Waals surface area (Å²) in [7, 11) is 1.60. The van der Waals surface area contributed by atoms with E-state index in [0.29, 0.717) is 52.6 Å². The van der Waals surface area contributed by atoms with E-state index in [9.17, 15) is 9.59 Å². The molecule has 1 heterocycles. The van der Waals surface area contributed by atoms with Crippen molar-refractivity contribution in [2.75, 3.05) is 20.3 Å². The minimum absolute atomic E-state index is 0.132. The Morgan fingerprint density at radius 3 is 2.54 bits per heavy atom. The smallest absolute Gasteiger partial charge is 0.266 e. The van der Waals surface area contributed by atoms with Gasteiger partial charge in [-0.2, -0.15) is 0 Å². The van der Waals surface area contributed by atoms with Crippen molar-refractivity contribution in [2.24, 2.45) is 0 Å². The van der Waals surface area contributed by atoms with Crippen LogP contribution in [0.1, 0.15) is 41.1 Å². The molecule has 0 bridgehead atoms. The molecule has 35 heavy (non-hydrogen) atoms. The van der Waals surface area contributed by atoms with Gasteiger partial charge < -0.3 is 9.64 Å². The molecule has 6 nitrogen and oxygen atoms in total. The Morgan fingerprint density at radius 2 is 1.83 bits per heavy atom. The third-order valence-electron chi connectivity index (χ3n) is 6.10. The maximum absolute atomic E-state index is 13.8. The van der Waals surface area contributed by atoms with Gasteiger partial charge in [-0.3, -0.25) is 14.2 Å². The third-order valence-corrected chi connectivity index (χ3v) is 6.34. The Bertz CT molecular complexity index is 1420. The molecule has 7 heteroatoms.